The Morgan fingerprint density at radius 1 is 1.14 bits per heavy atom. The molecule has 6 nitrogen and oxygen atoms in total. The molecule has 2 heterocycles. The van der Waals surface area contributed by atoms with Crippen LogP contribution in [0.2, 0.25) is 0 Å². The van der Waals surface area contributed by atoms with Crippen molar-refractivity contribution in [3.8, 4) is 0 Å². The molecule has 1 saturated heterocycles. The third kappa shape index (κ3) is 3.04. The van der Waals surface area contributed by atoms with Crippen molar-refractivity contribution in [2.45, 2.75) is 57.8 Å². The Morgan fingerprint density at radius 2 is 1.81 bits per heavy atom. The summed E-state index contributed by atoms with van der Waals surface area (Å²) in [5.41, 5.74) is -0.704. The molecule has 0 radical (unpaired) electrons. The first kappa shape index (κ1) is 14.4. The monoisotopic (exact) mass is 293 g/mol. The maximum Gasteiger partial charge on any atom is 0.310 e. The van der Waals surface area contributed by atoms with Crippen molar-refractivity contribution >= 4 is 11.9 Å². The zero-order valence-electron chi connectivity index (χ0n) is 12.4. The van der Waals surface area contributed by atoms with Crippen molar-refractivity contribution in [1.29, 1.82) is 0 Å². The topological polar surface area (TPSA) is 79.5 Å². The quantitative estimate of drug-likeness (QED) is 0.919. The zero-order valence-corrected chi connectivity index (χ0v) is 12.4. The van der Waals surface area contributed by atoms with Gasteiger partial charge in [-0.3, -0.25) is 4.79 Å². The number of nitrogens with zero attached hydrogens (tertiary/aromatic N) is 3. The third-order valence-electron chi connectivity index (χ3n) is 4.85. The van der Waals surface area contributed by atoms with Crippen LogP contribution in [0.3, 0.4) is 0 Å². The van der Waals surface area contributed by atoms with E-state index in [1.165, 1.54) is 6.42 Å². The summed E-state index contributed by atoms with van der Waals surface area (Å²) < 4.78 is 5.33. The van der Waals surface area contributed by atoms with E-state index in [1.807, 2.05) is 0 Å². The molecule has 116 valence electrons. The van der Waals surface area contributed by atoms with Crippen molar-refractivity contribution in [1.82, 2.24) is 10.1 Å². The third-order valence-corrected chi connectivity index (χ3v) is 4.85. The van der Waals surface area contributed by atoms with Gasteiger partial charge in [-0.1, -0.05) is 19.3 Å². The first-order valence-corrected chi connectivity index (χ1v) is 8.01. The van der Waals surface area contributed by atoms with Crippen molar-refractivity contribution < 1.29 is 14.4 Å². The zero-order chi connectivity index (χ0) is 14.7. The largest absolute Gasteiger partial charge is 0.481 e. The second-order valence-corrected chi connectivity index (χ2v) is 6.36. The molecule has 1 saturated carbocycles. The van der Waals surface area contributed by atoms with Crippen LogP contribution in [0.25, 0.3) is 0 Å². The highest BCUT2D eigenvalue weighted by Gasteiger charge is 2.41. The van der Waals surface area contributed by atoms with Gasteiger partial charge < -0.3 is 14.5 Å². The van der Waals surface area contributed by atoms with Crippen LogP contribution in [-0.4, -0.2) is 34.3 Å². The summed E-state index contributed by atoms with van der Waals surface area (Å²) in [5.74, 6) is 0.376. The number of aliphatic carboxylic acids is 1. The van der Waals surface area contributed by atoms with E-state index in [-0.39, 0.29) is 0 Å². The summed E-state index contributed by atoms with van der Waals surface area (Å²) >= 11 is 0. The lowest BCUT2D eigenvalue weighted by Crippen LogP contribution is -2.35. The Kier molecular flexibility index (Phi) is 4.12. The number of carbonyl (C=O) groups is 1. The van der Waals surface area contributed by atoms with Crippen LogP contribution in [0.1, 0.15) is 57.3 Å². The molecule has 0 bridgehead atoms. The Morgan fingerprint density at radius 3 is 2.48 bits per heavy atom. The number of carboxylic acid groups (broad SMARTS) is 1. The molecule has 1 aliphatic carbocycles. The van der Waals surface area contributed by atoms with E-state index in [0.29, 0.717) is 31.1 Å². The lowest BCUT2D eigenvalue weighted by Gasteiger charge is -2.31. The van der Waals surface area contributed by atoms with E-state index in [1.54, 1.807) is 0 Å². The minimum absolute atomic E-state index is 0.364. The van der Waals surface area contributed by atoms with Gasteiger partial charge in [0.05, 0.1) is 5.41 Å². The molecule has 0 aromatic carbocycles. The van der Waals surface area contributed by atoms with E-state index in [0.717, 1.165) is 45.2 Å². The first-order chi connectivity index (χ1) is 10.2. The van der Waals surface area contributed by atoms with Crippen molar-refractivity contribution in [2.75, 3.05) is 18.0 Å². The molecule has 6 heteroatoms. The number of hydrogen-bond acceptors (Lipinski definition) is 5. The molecule has 0 spiro atoms. The number of hydrogen-bond donors (Lipinski definition) is 1. The summed E-state index contributed by atoms with van der Waals surface area (Å²) in [6, 6.07) is 0. The smallest absolute Gasteiger partial charge is 0.310 e. The Bertz CT molecular complexity index is 488. The first-order valence-electron chi connectivity index (χ1n) is 8.01. The highest BCUT2D eigenvalue weighted by Crippen LogP contribution is 2.39. The van der Waals surface area contributed by atoms with Crippen LogP contribution < -0.4 is 4.90 Å². The van der Waals surface area contributed by atoms with Crippen LogP contribution in [0.5, 0.6) is 0 Å². The second-order valence-electron chi connectivity index (χ2n) is 6.36. The average Bonchev–Trinajstić information content (AvgIpc) is 2.97. The van der Waals surface area contributed by atoms with Gasteiger partial charge in [-0.25, -0.2) is 0 Å². The highest BCUT2D eigenvalue weighted by atomic mass is 16.5. The molecular formula is C15H23N3O3. The lowest BCUT2D eigenvalue weighted by atomic mass is 9.72. The summed E-state index contributed by atoms with van der Waals surface area (Å²) in [7, 11) is 0. The van der Waals surface area contributed by atoms with E-state index in [4.69, 9.17) is 4.52 Å². The lowest BCUT2D eigenvalue weighted by molar-refractivity contribution is -0.151. The maximum atomic E-state index is 11.7. The second kappa shape index (κ2) is 6.03. The number of aromatic nitrogens is 2. The van der Waals surface area contributed by atoms with Crippen molar-refractivity contribution in [3.05, 3.63) is 5.89 Å². The van der Waals surface area contributed by atoms with Crippen LogP contribution >= 0.6 is 0 Å². The molecule has 3 rings (SSSR count). The van der Waals surface area contributed by atoms with Gasteiger partial charge in [-0.15, -0.1) is 0 Å². The van der Waals surface area contributed by atoms with Gasteiger partial charge >= 0.3 is 5.97 Å². The summed E-state index contributed by atoms with van der Waals surface area (Å²) in [6.45, 7) is 1.92. The molecule has 1 aliphatic heterocycles. The summed E-state index contributed by atoms with van der Waals surface area (Å²) in [5, 5.41) is 13.6. The molecular weight excluding hydrogens is 270 g/mol. The number of carboxylic acids is 1. The molecule has 21 heavy (non-hydrogen) atoms. The molecule has 0 unspecified atom stereocenters. The van der Waals surface area contributed by atoms with Crippen molar-refractivity contribution in [3.63, 3.8) is 0 Å². The summed E-state index contributed by atoms with van der Waals surface area (Å²) in [6.07, 6.45) is 8.42. The predicted octanol–water partition coefficient (Wildman–Crippen LogP) is 2.64. The number of rotatable bonds is 4. The van der Waals surface area contributed by atoms with E-state index >= 15 is 0 Å². The molecule has 2 fully saturated rings. The fourth-order valence-corrected chi connectivity index (χ4v) is 3.52. The average molecular weight is 293 g/mol. The molecule has 1 aromatic heterocycles. The molecule has 1 aromatic rings. The Hall–Kier alpha value is -1.59. The van der Waals surface area contributed by atoms with Gasteiger partial charge in [0.2, 0.25) is 5.89 Å². The number of anilines is 1. The van der Waals surface area contributed by atoms with Crippen molar-refractivity contribution in [2.24, 2.45) is 5.41 Å². The molecule has 2 aliphatic rings. The predicted molar refractivity (Wildman–Crippen MR) is 77.2 cm³/mol. The molecule has 0 amide bonds. The van der Waals surface area contributed by atoms with Gasteiger partial charge in [0.1, 0.15) is 0 Å². The van der Waals surface area contributed by atoms with Gasteiger partial charge in [0.15, 0.2) is 0 Å². The number of piperidine rings is 1. The van der Waals surface area contributed by atoms with Gasteiger partial charge in [-0.2, -0.15) is 4.98 Å². The van der Waals surface area contributed by atoms with E-state index < -0.39 is 11.4 Å². The van der Waals surface area contributed by atoms with Crippen LogP contribution in [0.15, 0.2) is 4.52 Å². The molecule has 1 N–H and O–H groups in total. The highest BCUT2D eigenvalue weighted by molar-refractivity contribution is 5.75. The van der Waals surface area contributed by atoms with Crippen LogP contribution in [0.4, 0.5) is 5.95 Å². The van der Waals surface area contributed by atoms with E-state index in [2.05, 4.69) is 15.0 Å². The summed E-state index contributed by atoms with van der Waals surface area (Å²) in [4.78, 5) is 18.3. The fourth-order valence-electron chi connectivity index (χ4n) is 3.52. The minimum atomic E-state index is -0.722. The Balaban J connectivity index is 1.71. The van der Waals surface area contributed by atoms with Gasteiger partial charge in [0, 0.05) is 19.5 Å². The maximum absolute atomic E-state index is 11.7. The Labute approximate surface area is 124 Å². The standard InChI is InChI=1S/C15H23N3O3/c19-13(20)15(7-3-1-4-8-15)11-12-16-14(17-21-12)18-9-5-2-6-10-18/h1-11H2,(H,19,20). The molecule has 0 atom stereocenters. The van der Waals surface area contributed by atoms with Crippen LogP contribution in [0, 0.1) is 5.41 Å². The van der Waals surface area contributed by atoms with Gasteiger partial charge in [-0.05, 0) is 37.3 Å². The van der Waals surface area contributed by atoms with E-state index in [9.17, 15) is 9.90 Å². The van der Waals surface area contributed by atoms with Crippen LogP contribution in [-0.2, 0) is 11.2 Å². The minimum Gasteiger partial charge on any atom is -0.481 e. The fraction of sp³-hybridized carbons (Fsp3) is 0.800. The van der Waals surface area contributed by atoms with Gasteiger partial charge in [0.25, 0.3) is 5.95 Å². The SMILES string of the molecule is O=C(O)C1(Cc2nc(N3CCCCC3)no2)CCCCC1. The normalized spacial score (nSPS) is 22.2.